The van der Waals surface area contributed by atoms with Crippen molar-refractivity contribution in [3.63, 3.8) is 0 Å². The highest BCUT2D eigenvalue weighted by Gasteiger charge is 2.33. The third-order valence-electron chi connectivity index (χ3n) is 5.07. The lowest BCUT2D eigenvalue weighted by atomic mass is 10.0. The number of hydrogen-bond acceptors (Lipinski definition) is 2. The fourth-order valence-corrected chi connectivity index (χ4v) is 3.28. The summed E-state index contributed by atoms with van der Waals surface area (Å²) in [6.45, 7) is 6.97. The molecule has 1 saturated heterocycles. The van der Waals surface area contributed by atoms with E-state index in [1.807, 2.05) is 36.9 Å². The summed E-state index contributed by atoms with van der Waals surface area (Å²) in [5.41, 5.74) is 3.14. The molecule has 0 saturated carbocycles. The molecule has 0 radical (unpaired) electrons. The maximum atomic E-state index is 13.9. The van der Waals surface area contributed by atoms with Gasteiger partial charge >= 0.3 is 0 Å². The van der Waals surface area contributed by atoms with Crippen molar-refractivity contribution in [2.24, 2.45) is 0 Å². The van der Waals surface area contributed by atoms with Crippen molar-refractivity contribution >= 4 is 11.6 Å². The fraction of sp³-hybridized carbons (Fsp3) is 0.350. The van der Waals surface area contributed by atoms with E-state index in [4.69, 9.17) is 0 Å². The first-order valence-electron chi connectivity index (χ1n) is 8.44. The average molecular weight is 344 g/mol. The Bertz CT molecular complexity index is 786. The zero-order valence-corrected chi connectivity index (χ0v) is 14.7. The van der Waals surface area contributed by atoms with E-state index >= 15 is 0 Å². The molecule has 1 amide bonds. The second-order valence-electron chi connectivity index (χ2n) is 6.56. The van der Waals surface area contributed by atoms with Gasteiger partial charge in [-0.25, -0.2) is 8.78 Å². The summed E-state index contributed by atoms with van der Waals surface area (Å²) in [5, 5.41) is 0. The van der Waals surface area contributed by atoms with E-state index in [-0.39, 0.29) is 18.0 Å². The van der Waals surface area contributed by atoms with Crippen LogP contribution < -0.4 is 4.90 Å². The molecule has 1 atom stereocenters. The van der Waals surface area contributed by atoms with Crippen LogP contribution in [0.1, 0.15) is 23.6 Å². The van der Waals surface area contributed by atoms with E-state index in [0.29, 0.717) is 13.1 Å². The zero-order chi connectivity index (χ0) is 18.1. The summed E-state index contributed by atoms with van der Waals surface area (Å²) in [6, 6.07) is 9.31. The van der Waals surface area contributed by atoms with Gasteiger partial charge < -0.3 is 4.90 Å². The Balaban J connectivity index is 1.81. The number of nitrogens with zero attached hydrogens (tertiary/aromatic N) is 2. The van der Waals surface area contributed by atoms with Crippen molar-refractivity contribution in [1.82, 2.24) is 4.90 Å². The van der Waals surface area contributed by atoms with Gasteiger partial charge in [-0.15, -0.1) is 0 Å². The van der Waals surface area contributed by atoms with E-state index in [1.165, 1.54) is 18.2 Å². The summed E-state index contributed by atoms with van der Waals surface area (Å²) < 4.78 is 27.8. The van der Waals surface area contributed by atoms with Crippen molar-refractivity contribution in [2.75, 3.05) is 18.0 Å². The highest BCUT2D eigenvalue weighted by Crippen LogP contribution is 2.27. The lowest BCUT2D eigenvalue weighted by molar-refractivity contribution is -0.125. The Labute approximate surface area is 146 Å². The summed E-state index contributed by atoms with van der Waals surface area (Å²) in [6.07, 6.45) is 0. The third kappa shape index (κ3) is 3.29. The molecular formula is C20H22F2N2O. The van der Waals surface area contributed by atoms with E-state index in [2.05, 4.69) is 0 Å². The van der Waals surface area contributed by atoms with Crippen LogP contribution in [0.15, 0.2) is 36.4 Å². The molecule has 0 aromatic heterocycles. The van der Waals surface area contributed by atoms with E-state index in [9.17, 15) is 13.6 Å². The second-order valence-corrected chi connectivity index (χ2v) is 6.56. The van der Waals surface area contributed by atoms with Gasteiger partial charge in [-0.2, -0.15) is 0 Å². The number of piperazine rings is 1. The smallest absolute Gasteiger partial charge is 0.244 e. The standard InChI is InChI=1S/C20H22F2N2O/c1-13-6-4-9-19(14(13)2)24-11-10-23(15(3)20(24)25)12-16-17(21)7-5-8-18(16)22/h4-9,15H,10-12H2,1-3H3/t15-/m0/s1. The van der Waals surface area contributed by atoms with Gasteiger partial charge in [0.2, 0.25) is 5.91 Å². The lowest BCUT2D eigenvalue weighted by Crippen LogP contribution is -2.55. The summed E-state index contributed by atoms with van der Waals surface area (Å²) in [5.74, 6) is -1.19. The molecule has 5 heteroatoms. The number of hydrogen-bond donors (Lipinski definition) is 0. The molecule has 3 nitrogen and oxygen atoms in total. The Morgan fingerprint density at radius 1 is 1.04 bits per heavy atom. The van der Waals surface area contributed by atoms with Crippen LogP contribution in [-0.2, 0) is 11.3 Å². The van der Waals surface area contributed by atoms with Crippen molar-refractivity contribution in [1.29, 1.82) is 0 Å². The van der Waals surface area contributed by atoms with Crippen molar-refractivity contribution < 1.29 is 13.6 Å². The molecular weight excluding hydrogens is 322 g/mol. The lowest BCUT2D eigenvalue weighted by Gasteiger charge is -2.39. The molecule has 0 aliphatic carbocycles. The number of halogens is 2. The van der Waals surface area contributed by atoms with Gasteiger partial charge in [0.05, 0.1) is 6.04 Å². The number of rotatable bonds is 3. The summed E-state index contributed by atoms with van der Waals surface area (Å²) in [4.78, 5) is 16.5. The van der Waals surface area contributed by atoms with Gasteiger partial charge in [0.1, 0.15) is 11.6 Å². The number of aryl methyl sites for hydroxylation is 1. The van der Waals surface area contributed by atoms with Crippen molar-refractivity contribution in [3.8, 4) is 0 Å². The minimum Gasteiger partial charge on any atom is -0.310 e. The second kappa shape index (κ2) is 6.92. The topological polar surface area (TPSA) is 23.6 Å². The zero-order valence-electron chi connectivity index (χ0n) is 14.7. The van der Waals surface area contributed by atoms with Gasteiger partial charge in [-0.05, 0) is 50.1 Å². The Kier molecular flexibility index (Phi) is 4.86. The highest BCUT2D eigenvalue weighted by molar-refractivity contribution is 5.98. The van der Waals surface area contributed by atoms with E-state index in [0.717, 1.165) is 16.8 Å². The first-order valence-corrected chi connectivity index (χ1v) is 8.44. The molecule has 25 heavy (non-hydrogen) atoms. The fourth-order valence-electron chi connectivity index (χ4n) is 3.28. The van der Waals surface area contributed by atoms with E-state index in [1.54, 1.807) is 11.8 Å². The molecule has 1 aliphatic rings. The van der Waals surface area contributed by atoms with Crippen LogP contribution in [0.5, 0.6) is 0 Å². The van der Waals surface area contributed by atoms with Crippen molar-refractivity contribution in [3.05, 3.63) is 64.7 Å². The van der Waals surface area contributed by atoms with Crippen LogP contribution in [-0.4, -0.2) is 29.9 Å². The minimum absolute atomic E-state index is 0.0161. The predicted molar refractivity (Wildman–Crippen MR) is 94.5 cm³/mol. The number of benzene rings is 2. The summed E-state index contributed by atoms with van der Waals surface area (Å²) in [7, 11) is 0. The predicted octanol–water partition coefficient (Wildman–Crippen LogP) is 3.82. The first kappa shape index (κ1) is 17.5. The molecule has 1 aliphatic heterocycles. The van der Waals surface area contributed by atoms with Crippen molar-refractivity contribution in [2.45, 2.75) is 33.4 Å². The van der Waals surface area contributed by atoms with Crippen LogP contribution in [0.2, 0.25) is 0 Å². The maximum absolute atomic E-state index is 13.9. The molecule has 0 bridgehead atoms. The molecule has 0 spiro atoms. The molecule has 1 heterocycles. The Morgan fingerprint density at radius 2 is 1.68 bits per heavy atom. The Morgan fingerprint density at radius 3 is 2.36 bits per heavy atom. The highest BCUT2D eigenvalue weighted by atomic mass is 19.1. The normalized spacial score (nSPS) is 18.7. The average Bonchev–Trinajstić information content (AvgIpc) is 2.58. The minimum atomic E-state index is -0.573. The van der Waals surface area contributed by atoms with Crippen LogP contribution in [0.3, 0.4) is 0 Å². The van der Waals surface area contributed by atoms with E-state index < -0.39 is 17.7 Å². The van der Waals surface area contributed by atoms with Gasteiger partial charge in [0.15, 0.2) is 0 Å². The van der Waals surface area contributed by atoms with Gasteiger partial charge in [-0.1, -0.05) is 18.2 Å². The molecule has 3 rings (SSSR count). The van der Waals surface area contributed by atoms with Crippen LogP contribution in [0.4, 0.5) is 14.5 Å². The SMILES string of the molecule is Cc1cccc(N2CCN(Cc3c(F)cccc3F)[C@@H](C)C2=O)c1C. The largest absolute Gasteiger partial charge is 0.310 e. The molecule has 2 aromatic carbocycles. The maximum Gasteiger partial charge on any atom is 0.244 e. The molecule has 0 unspecified atom stereocenters. The quantitative estimate of drug-likeness (QED) is 0.845. The summed E-state index contributed by atoms with van der Waals surface area (Å²) >= 11 is 0. The molecule has 2 aromatic rings. The number of anilines is 1. The third-order valence-corrected chi connectivity index (χ3v) is 5.07. The molecule has 1 fully saturated rings. The monoisotopic (exact) mass is 344 g/mol. The number of carbonyl (C=O) groups is 1. The van der Waals surface area contributed by atoms with Gasteiger partial charge in [0.25, 0.3) is 0 Å². The van der Waals surface area contributed by atoms with Gasteiger partial charge in [-0.3, -0.25) is 9.69 Å². The van der Waals surface area contributed by atoms with Crippen LogP contribution in [0, 0.1) is 25.5 Å². The van der Waals surface area contributed by atoms with Crippen LogP contribution in [0.25, 0.3) is 0 Å². The number of amides is 1. The van der Waals surface area contributed by atoms with Crippen LogP contribution >= 0.6 is 0 Å². The molecule has 0 N–H and O–H groups in total. The Hall–Kier alpha value is -2.27. The molecule has 132 valence electrons. The number of carbonyl (C=O) groups excluding carboxylic acids is 1. The van der Waals surface area contributed by atoms with Gasteiger partial charge in [0, 0.05) is 30.9 Å². The first-order chi connectivity index (χ1) is 11.9.